The second-order valence-electron chi connectivity index (χ2n) is 3.43. The summed E-state index contributed by atoms with van der Waals surface area (Å²) in [5, 5.41) is 9.59. The molecule has 1 aromatic heterocycles. The van der Waals surface area contributed by atoms with Gasteiger partial charge in [-0.05, 0) is 31.2 Å². The smallest absolute Gasteiger partial charge is 0.275 e. The Morgan fingerprint density at radius 2 is 2.25 bits per heavy atom. The van der Waals surface area contributed by atoms with Crippen LogP contribution in [0.5, 0.6) is 0 Å². The number of carbonyl (C=O) groups is 1. The van der Waals surface area contributed by atoms with E-state index in [9.17, 15) is 4.79 Å². The number of carbonyl (C=O) groups excluding carboxylic acids is 1. The summed E-state index contributed by atoms with van der Waals surface area (Å²) in [6, 6.07) is 0. The Balaban J connectivity index is 2.14. The molecule has 1 rings (SSSR count). The number of amides is 1. The molecule has 0 radical (unpaired) electrons. The van der Waals surface area contributed by atoms with Crippen molar-refractivity contribution < 1.29 is 9.42 Å². The minimum atomic E-state index is -0.235. The van der Waals surface area contributed by atoms with Crippen LogP contribution < -0.4 is 5.32 Å². The van der Waals surface area contributed by atoms with Gasteiger partial charge in [0.2, 0.25) is 0 Å². The molecule has 1 N–H and O–H groups in total. The Bertz CT molecular complexity index is 296. The van der Waals surface area contributed by atoms with E-state index in [1.807, 2.05) is 0 Å². The second kappa shape index (κ2) is 6.95. The first-order chi connectivity index (χ1) is 7.77. The molecular formula is C10H18N4O2. The summed E-state index contributed by atoms with van der Waals surface area (Å²) in [5.41, 5.74) is 0.225. The molecule has 16 heavy (non-hydrogen) atoms. The molecule has 6 heteroatoms. The van der Waals surface area contributed by atoms with Crippen LogP contribution in [-0.4, -0.2) is 47.3 Å². The normalized spacial score (nSPS) is 10.7. The predicted molar refractivity (Wildman–Crippen MR) is 59.0 cm³/mol. The van der Waals surface area contributed by atoms with Crippen LogP contribution >= 0.6 is 0 Å². The topological polar surface area (TPSA) is 71.3 Å². The van der Waals surface area contributed by atoms with Crippen molar-refractivity contribution in [1.82, 2.24) is 20.5 Å². The van der Waals surface area contributed by atoms with Gasteiger partial charge >= 0.3 is 0 Å². The molecule has 90 valence electrons. The van der Waals surface area contributed by atoms with E-state index in [-0.39, 0.29) is 11.6 Å². The lowest BCUT2D eigenvalue weighted by Gasteiger charge is -2.17. The summed E-state index contributed by atoms with van der Waals surface area (Å²) in [5.74, 6) is -0.235. The second-order valence-corrected chi connectivity index (χ2v) is 3.43. The summed E-state index contributed by atoms with van der Waals surface area (Å²) in [4.78, 5) is 13.7. The lowest BCUT2D eigenvalue weighted by atomic mass is 10.3. The molecule has 0 aliphatic carbocycles. The van der Waals surface area contributed by atoms with Crippen LogP contribution in [0.1, 0.15) is 30.8 Å². The zero-order valence-corrected chi connectivity index (χ0v) is 9.77. The SMILES string of the molecule is CCN(CC)CCCNC(=O)c1cnon1. The lowest BCUT2D eigenvalue weighted by Crippen LogP contribution is -2.30. The minimum absolute atomic E-state index is 0.225. The third kappa shape index (κ3) is 3.98. The molecule has 1 aromatic rings. The molecule has 0 fully saturated rings. The van der Waals surface area contributed by atoms with Crippen LogP contribution in [-0.2, 0) is 0 Å². The molecule has 1 heterocycles. The Labute approximate surface area is 95.0 Å². The molecule has 0 saturated heterocycles. The average Bonchev–Trinajstić information content (AvgIpc) is 2.82. The van der Waals surface area contributed by atoms with Gasteiger partial charge in [-0.1, -0.05) is 19.0 Å². The van der Waals surface area contributed by atoms with Crippen molar-refractivity contribution in [3.05, 3.63) is 11.9 Å². The molecule has 0 spiro atoms. The van der Waals surface area contributed by atoms with Crippen LogP contribution in [0.15, 0.2) is 10.8 Å². The van der Waals surface area contributed by atoms with E-state index < -0.39 is 0 Å². The molecule has 0 aliphatic heterocycles. The van der Waals surface area contributed by atoms with Crippen molar-refractivity contribution in [3.63, 3.8) is 0 Å². The van der Waals surface area contributed by atoms with Crippen molar-refractivity contribution >= 4 is 5.91 Å². The number of nitrogens with zero attached hydrogens (tertiary/aromatic N) is 3. The number of hydrogen-bond donors (Lipinski definition) is 1. The number of nitrogens with one attached hydrogen (secondary N) is 1. The van der Waals surface area contributed by atoms with Crippen LogP contribution in [0, 0.1) is 0 Å². The van der Waals surface area contributed by atoms with E-state index in [1.54, 1.807) is 0 Å². The fourth-order valence-electron chi connectivity index (χ4n) is 1.40. The van der Waals surface area contributed by atoms with Gasteiger partial charge in [0.1, 0.15) is 6.20 Å². The first-order valence-corrected chi connectivity index (χ1v) is 5.56. The van der Waals surface area contributed by atoms with E-state index in [4.69, 9.17) is 0 Å². The van der Waals surface area contributed by atoms with Crippen LogP contribution in [0.4, 0.5) is 0 Å². The Morgan fingerprint density at radius 1 is 1.50 bits per heavy atom. The van der Waals surface area contributed by atoms with Gasteiger partial charge in [0.15, 0.2) is 5.69 Å². The molecule has 0 atom stereocenters. The molecule has 0 saturated carbocycles. The first kappa shape index (κ1) is 12.6. The standard InChI is InChI=1S/C10H18N4O2/c1-3-14(4-2)7-5-6-11-10(15)9-8-12-16-13-9/h8H,3-7H2,1-2H3,(H,11,15). The van der Waals surface area contributed by atoms with E-state index >= 15 is 0 Å². The molecule has 0 unspecified atom stereocenters. The minimum Gasteiger partial charge on any atom is -0.350 e. The van der Waals surface area contributed by atoms with Crippen LogP contribution in [0.25, 0.3) is 0 Å². The largest absolute Gasteiger partial charge is 0.350 e. The van der Waals surface area contributed by atoms with E-state index in [0.717, 1.165) is 26.1 Å². The summed E-state index contributed by atoms with van der Waals surface area (Å²) >= 11 is 0. The number of rotatable bonds is 7. The van der Waals surface area contributed by atoms with E-state index in [0.29, 0.717) is 6.54 Å². The molecule has 0 bridgehead atoms. The maximum atomic E-state index is 11.4. The van der Waals surface area contributed by atoms with E-state index in [2.05, 4.69) is 39.0 Å². The Kier molecular flexibility index (Phi) is 5.49. The van der Waals surface area contributed by atoms with Gasteiger partial charge < -0.3 is 10.2 Å². The number of hydrogen-bond acceptors (Lipinski definition) is 5. The van der Waals surface area contributed by atoms with Crippen LogP contribution in [0.3, 0.4) is 0 Å². The average molecular weight is 226 g/mol. The van der Waals surface area contributed by atoms with Crippen LogP contribution in [0.2, 0.25) is 0 Å². The summed E-state index contributed by atoms with van der Waals surface area (Å²) in [7, 11) is 0. The molecule has 1 amide bonds. The molecule has 0 aromatic carbocycles. The van der Waals surface area contributed by atoms with Gasteiger partial charge in [0, 0.05) is 6.54 Å². The maximum Gasteiger partial charge on any atom is 0.275 e. The molecule has 0 aliphatic rings. The first-order valence-electron chi connectivity index (χ1n) is 5.56. The zero-order valence-electron chi connectivity index (χ0n) is 9.77. The maximum absolute atomic E-state index is 11.4. The zero-order chi connectivity index (χ0) is 11.8. The van der Waals surface area contributed by atoms with Crippen molar-refractivity contribution in [2.75, 3.05) is 26.2 Å². The molecular weight excluding hydrogens is 208 g/mol. The molecule has 6 nitrogen and oxygen atoms in total. The fraction of sp³-hybridized carbons (Fsp3) is 0.700. The third-order valence-electron chi connectivity index (χ3n) is 2.43. The highest BCUT2D eigenvalue weighted by Crippen LogP contribution is 1.92. The predicted octanol–water partition coefficient (Wildman–Crippen LogP) is 0.531. The van der Waals surface area contributed by atoms with Gasteiger partial charge in [-0.2, -0.15) is 0 Å². The van der Waals surface area contributed by atoms with Gasteiger partial charge in [-0.25, -0.2) is 4.63 Å². The van der Waals surface area contributed by atoms with Gasteiger partial charge in [0.05, 0.1) is 0 Å². The highest BCUT2D eigenvalue weighted by molar-refractivity contribution is 5.91. The number of aromatic nitrogens is 2. The summed E-state index contributed by atoms with van der Waals surface area (Å²) in [6.07, 6.45) is 2.23. The van der Waals surface area contributed by atoms with Crippen molar-refractivity contribution in [3.8, 4) is 0 Å². The van der Waals surface area contributed by atoms with Gasteiger partial charge in [-0.3, -0.25) is 4.79 Å². The fourth-order valence-corrected chi connectivity index (χ4v) is 1.40. The Morgan fingerprint density at radius 3 is 2.81 bits per heavy atom. The van der Waals surface area contributed by atoms with Crippen molar-refractivity contribution in [2.24, 2.45) is 0 Å². The van der Waals surface area contributed by atoms with E-state index in [1.165, 1.54) is 6.20 Å². The van der Waals surface area contributed by atoms with Crippen molar-refractivity contribution in [2.45, 2.75) is 20.3 Å². The third-order valence-corrected chi connectivity index (χ3v) is 2.43. The Hall–Kier alpha value is -1.43. The monoisotopic (exact) mass is 226 g/mol. The summed E-state index contributed by atoms with van der Waals surface area (Å²) in [6.45, 7) is 7.97. The summed E-state index contributed by atoms with van der Waals surface area (Å²) < 4.78 is 4.35. The van der Waals surface area contributed by atoms with Gasteiger partial charge in [-0.15, -0.1) is 0 Å². The highest BCUT2D eigenvalue weighted by atomic mass is 16.6. The van der Waals surface area contributed by atoms with Crippen molar-refractivity contribution in [1.29, 1.82) is 0 Å². The lowest BCUT2D eigenvalue weighted by molar-refractivity contribution is 0.0942. The van der Waals surface area contributed by atoms with Gasteiger partial charge in [0.25, 0.3) is 5.91 Å². The quantitative estimate of drug-likeness (QED) is 0.687. The highest BCUT2D eigenvalue weighted by Gasteiger charge is 2.08.